The van der Waals surface area contributed by atoms with E-state index in [1.807, 2.05) is 18.2 Å². The molecule has 8 heteroatoms. The molecule has 2 aromatic carbocycles. The summed E-state index contributed by atoms with van der Waals surface area (Å²) in [5, 5.41) is 3.38. The zero-order chi connectivity index (χ0) is 18.7. The molecule has 1 N–H and O–H groups in total. The van der Waals surface area contributed by atoms with Crippen molar-refractivity contribution in [3.8, 4) is 11.5 Å². The molecule has 3 rings (SSSR count). The molecule has 1 atom stereocenters. The SMILES string of the molecule is COc1cccc([C@@H]2SCCN2C(=O)Nc2cccc(Cl)c2Cl)c1OC. The van der Waals surface area contributed by atoms with Gasteiger partial charge in [0.25, 0.3) is 0 Å². The summed E-state index contributed by atoms with van der Waals surface area (Å²) in [5.74, 6) is 2.09. The van der Waals surface area contributed by atoms with Gasteiger partial charge in [0.1, 0.15) is 5.37 Å². The first-order valence-corrected chi connectivity index (χ1v) is 9.71. The van der Waals surface area contributed by atoms with E-state index < -0.39 is 0 Å². The van der Waals surface area contributed by atoms with Gasteiger partial charge in [-0.2, -0.15) is 0 Å². The highest BCUT2D eigenvalue weighted by molar-refractivity contribution is 7.99. The first kappa shape index (κ1) is 19.0. The lowest BCUT2D eigenvalue weighted by molar-refractivity contribution is 0.213. The number of hydrogen-bond acceptors (Lipinski definition) is 4. The van der Waals surface area contributed by atoms with Gasteiger partial charge in [0, 0.05) is 17.9 Å². The molecule has 138 valence electrons. The number of benzene rings is 2. The first-order chi connectivity index (χ1) is 12.6. The number of amides is 2. The minimum Gasteiger partial charge on any atom is -0.493 e. The number of hydrogen-bond donors (Lipinski definition) is 1. The smallest absolute Gasteiger partial charge is 0.323 e. The fraction of sp³-hybridized carbons (Fsp3) is 0.278. The molecule has 0 bridgehead atoms. The fourth-order valence-electron chi connectivity index (χ4n) is 2.83. The molecule has 1 aliphatic heterocycles. The Hall–Kier alpha value is -1.76. The van der Waals surface area contributed by atoms with Crippen molar-refractivity contribution in [1.82, 2.24) is 4.90 Å². The minimum absolute atomic E-state index is 0.182. The summed E-state index contributed by atoms with van der Waals surface area (Å²) in [6.45, 7) is 0.611. The van der Waals surface area contributed by atoms with Gasteiger partial charge >= 0.3 is 6.03 Å². The third-order valence-corrected chi connectivity index (χ3v) is 6.11. The van der Waals surface area contributed by atoms with Crippen LogP contribution < -0.4 is 14.8 Å². The molecule has 1 heterocycles. The number of carbonyl (C=O) groups is 1. The van der Waals surface area contributed by atoms with Gasteiger partial charge in [0.05, 0.1) is 30.0 Å². The number of carbonyl (C=O) groups excluding carboxylic acids is 1. The zero-order valence-corrected chi connectivity index (χ0v) is 16.6. The maximum absolute atomic E-state index is 12.8. The molecule has 1 aliphatic rings. The zero-order valence-electron chi connectivity index (χ0n) is 14.3. The topological polar surface area (TPSA) is 50.8 Å². The molecule has 0 radical (unpaired) electrons. The van der Waals surface area contributed by atoms with Crippen molar-refractivity contribution >= 4 is 46.7 Å². The van der Waals surface area contributed by atoms with Crippen LogP contribution in [-0.4, -0.2) is 37.4 Å². The van der Waals surface area contributed by atoms with E-state index in [9.17, 15) is 4.79 Å². The summed E-state index contributed by atoms with van der Waals surface area (Å²) in [4.78, 5) is 14.6. The number of nitrogens with zero attached hydrogens (tertiary/aromatic N) is 1. The average molecular weight is 413 g/mol. The number of anilines is 1. The van der Waals surface area contributed by atoms with Crippen LogP contribution in [0.5, 0.6) is 11.5 Å². The summed E-state index contributed by atoms with van der Waals surface area (Å²) in [6, 6.07) is 10.6. The molecule has 1 saturated heterocycles. The highest BCUT2D eigenvalue weighted by Gasteiger charge is 2.33. The normalized spacial score (nSPS) is 16.5. The summed E-state index contributed by atoms with van der Waals surface area (Å²) in [5.41, 5.74) is 1.37. The third kappa shape index (κ3) is 3.68. The van der Waals surface area contributed by atoms with Gasteiger partial charge in [-0.25, -0.2) is 4.79 Å². The van der Waals surface area contributed by atoms with Crippen molar-refractivity contribution < 1.29 is 14.3 Å². The molecule has 2 aromatic rings. The quantitative estimate of drug-likeness (QED) is 0.740. The first-order valence-electron chi connectivity index (χ1n) is 7.91. The molecular weight excluding hydrogens is 395 g/mol. The van der Waals surface area contributed by atoms with Crippen molar-refractivity contribution in [3.05, 3.63) is 52.0 Å². The van der Waals surface area contributed by atoms with E-state index >= 15 is 0 Å². The monoisotopic (exact) mass is 412 g/mol. The van der Waals surface area contributed by atoms with Gasteiger partial charge in [-0.3, -0.25) is 0 Å². The number of ether oxygens (including phenoxy) is 2. The van der Waals surface area contributed by atoms with E-state index in [-0.39, 0.29) is 11.4 Å². The largest absolute Gasteiger partial charge is 0.493 e. The molecule has 0 saturated carbocycles. The van der Waals surface area contributed by atoms with E-state index in [0.29, 0.717) is 33.8 Å². The van der Waals surface area contributed by atoms with Gasteiger partial charge in [0.15, 0.2) is 11.5 Å². The number of rotatable bonds is 4. The van der Waals surface area contributed by atoms with E-state index in [0.717, 1.165) is 11.3 Å². The van der Waals surface area contributed by atoms with Crippen molar-refractivity contribution in [2.45, 2.75) is 5.37 Å². The average Bonchev–Trinajstić information content (AvgIpc) is 3.14. The Morgan fingerprint density at radius 3 is 2.69 bits per heavy atom. The number of thioether (sulfide) groups is 1. The van der Waals surface area contributed by atoms with Crippen LogP contribution in [0.1, 0.15) is 10.9 Å². The van der Waals surface area contributed by atoms with Crippen LogP contribution in [0.25, 0.3) is 0 Å². The Balaban J connectivity index is 1.87. The second-order valence-electron chi connectivity index (χ2n) is 5.53. The molecule has 0 unspecified atom stereocenters. The third-order valence-electron chi connectivity index (χ3n) is 4.04. The Morgan fingerprint density at radius 1 is 1.19 bits per heavy atom. The van der Waals surface area contributed by atoms with Gasteiger partial charge in [-0.1, -0.05) is 41.4 Å². The van der Waals surface area contributed by atoms with Gasteiger partial charge in [-0.15, -0.1) is 11.8 Å². The summed E-state index contributed by atoms with van der Waals surface area (Å²) in [6.07, 6.45) is 0. The number of nitrogens with one attached hydrogen (secondary N) is 1. The standard InChI is InChI=1S/C18H18Cl2N2O3S/c1-24-14-8-3-5-11(16(14)25-2)17-22(9-10-26-17)18(23)21-13-7-4-6-12(19)15(13)20/h3-8,17H,9-10H2,1-2H3,(H,21,23)/t17-/m0/s1. The Kier molecular flexibility index (Phi) is 6.06. The summed E-state index contributed by atoms with van der Waals surface area (Å²) < 4.78 is 10.9. The summed E-state index contributed by atoms with van der Waals surface area (Å²) >= 11 is 13.9. The van der Waals surface area contributed by atoms with Crippen LogP contribution in [0.15, 0.2) is 36.4 Å². The fourth-order valence-corrected chi connectivity index (χ4v) is 4.45. The van der Waals surface area contributed by atoms with Crippen LogP contribution in [0.4, 0.5) is 10.5 Å². The van der Waals surface area contributed by atoms with Crippen molar-refractivity contribution in [2.24, 2.45) is 0 Å². The number of urea groups is 1. The predicted molar refractivity (Wildman–Crippen MR) is 107 cm³/mol. The van der Waals surface area contributed by atoms with Crippen LogP contribution in [-0.2, 0) is 0 Å². The van der Waals surface area contributed by atoms with E-state index in [2.05, 4.69) is 5.32 Å². The van der Waals surface area contributed by atoms with Gasteiger partial charge in [0.2, 0.25) is 0 Å². The maximum Gasteiger partial charge on any atom is 0.323 e. The molecule has 1 fully saturated rings. The highest BCUT2D eigenvalue weighted by atomic mass is 35.5. The molecule has 0 spiro atoms. The lowest BCUT2D eigenvalue weighted by Gasteiger charge is -2.26. The molecule has 0 aliphatic carbocycles. The maximum atomic E-state index is 12.8. The second-order valence-corrected chi connectivity index (χ2v) is 7.50. The number of methoxy groups -OCH3 is 2. The number of halogens is 2. The minimum atomic E-state index is -0.242. The molecule has 26 heavy (non-hydrogen) atoms. The van der Waals surface area contributed by atoms with E-state index in [1.165, 1.54) is 0 Å². The molecule has 2 amide bonds. The second kappa shape index (κ2) is 8.29. The molecular formula is C18H18Cl2N2O3S. The van der Waals surface area contributed by atoms with Crippen molar-refractivity contribution in [1.29, 1.82) is 0 Å². The lowest BCUT2D eigenvalue weighted by atomic mass is 10.1. The Bertz CT molecular complexity index is 819. The van der Waals surface area contributed by atoms with Crippen molar-refractivity contribution in [2.75, 3.05) is 31.8 Å². The molecule has 5 nitrogen and oxygen atoms in total. The Labute approximate surface area is 166 Å². The van der Waals surface area contributed by atoms with Crippen LogP contribution in [0.2, 0.25) is 10.0 Å². The van der Waals surface area contributed by atoms with Crippen LogP contribution in [0, 0.1) is 0 Å². The summed E-state index contributed by atoms with van der Waals surface area (Å²) in [7, 11) is 3.19. The Morgan fingerprint density at radius 2 is 1.96 bits per heavy atom. The van der Waals surface area contributed by atoms with E-state index in [4.69, 9.17) is 32.7 Å². The molecule has 0 aromatic heterocycles. The predicted octanol–water partition coefficient (Wildman–Crippen LogP) is 5.29. The number of para-hydroxylation sites is 1. The van der Waals surface area contributed by atoms with Crippen LogP contribution >= 0.6 is 35.0 Å². The van der Waals surface area contributed by atoms with Gasteiger partial charge in [-0.05, 0) is 18.2 Å². The highest BCUT2D eigenvalue weighted by Crippen LogP contribution is 2.45. The van der Waals surface area contributed by atoms with E-state index in [1.54, 1.807) is 49.1 Å². The van der Waals surface area contributed by atoms with Crippen LogP contribution in [0.3, 0.4) is 0 Å². The lowest BCUT2D eigenvalue weighted by Crippen LogP contribution is -2.34. The van der Waals surface area contributed by atoms with Gasteiger partial charge < -0.3 is 19.7 Å². The van der Waals surface area contributed by atoms with Crippen molar-refractivity contribution in [3.63, 3.8) is 0 Å².